The summed E-state index contributed by atoms with van der Waals surface area (Å²) in [6.07, 6.45) is 0. The molecule has 3 nitrogen and oxygen atoms in total. The lowest BCUT2D eigenvalue weighted by atomic mass is 9.87. The second-order valence-corrected chi connectivity index (χ2v) is 8.50. The molecule has 1 aromatic heterocycles. The van der Waals surface area contributed by atoms with Crippen molar-refractivity contribution < 1.29 is 9.13 Å². The predicted molar refractivity (Wildman–Crippen MR) is 116 cm³/mol. The van der Waals surface area contributed by atoms with E-state index in [-0.39, 0.29) is 17.8 Å². The zero-order valence-corrected chi connectivity index (χ0v) is 17.3. The zero-order chi connectivity index (χ0) is 20.6. The summed E-state index contributed by atoms with van der Waals surface area (Å²) in [5.74, 6) is 0.924. The molecule has 0 radical (unpaired) electrons. The maximum atomic E-state index is 13.8. The average Bonchev–Trinajstić information content (AvgIpc) is 3.11. The van der Waals surface area contributed by atoms with Crippen molar-refractivity contribution in [1.29, 1.82) is 0 Å². The summed E-state index contributed by atoms with van der Waals surface area (Å²) in [6, 6.07) is 18.3. The van der Waals surface area contributed by atoms with Crippen LogP contribution in [0.1, 0.15) is 31.9 Å². The summed E-state index contributed by atoms with van der Waals surface area (Å²) in [4.78, 5) is 8.08. The largest absolute Gasteiger partial charge is 0.487 e. The van der Waals surface area contributed by atoms with E-state index in [0.717, 1.165) is 22.4 Å². The fourth-order valence-electron chi connectivity index (χ4n) is 3.15. The quantitative estimate of drug-likeness (QED) is 0.398. The number of ether oxygens (including phenoxy) is 1. The number of nitrogens with one attached hydrogen (secondary N) is 1. The van der Waals surface area contributed by atoms with Crippen molar-refractivity contribution in [2.24, 2.45) is 0 Å². The summed E-state index contributed by atoms with van der Waals surface area (Å²) >= 11 is 6.29. The van der Waals surface area contributed by atoms with Crippen LogP contribution in [-0.2, 0) is 12.0 Å². The maximum Gasteiger partial charge on any atom is 0.139 e. The van der Waals surface area contributed by atoms with Gasteiger partial charge in [0.05, 0.1) is 16.1 Å². The van der Waals surface area contributed by atoms with E-state index in [1.807, 2.05) is 18.2 Å². The van der Waals surface area contributed by atoms with Crippen molar-refractivity contribution in [3.8, 4) is 17.1 Å². The molecule has 3 aromatic carbocycles. The van der Waals surface area contributed by atoms with E-state index >= 15 is 0 Å². The van der Waals surface area contributed by atoms with Gasteiger partial charge in [-0.2, -0.15) is 0 Å². The number of halogens is 2. The molecule has 0 fully saturated rings. The van der Waals surface area contributed by atoms with E-state index in [9.17, 15) is 4.39 Å². The van der Waals surface area contributed by atoms with Crippen LogP contribution in [0.25, 0.3) is 22.4 Å². The normalized spacial score (nSPS) is 11.8. The van der Waals surface area contributed by atoms with Gasteiger partial charge in [0.1, 0.15) is 24.0 Å². The first-order valence-electron chi connectivity index (χ1n) is 9.47. The minimum Gasteiger partial charge on any atom is -0.487 e. The van der Waals surface area contributed by atoms with Crippen LogP contribution in [0.4, 0.5) is 4.39 Å². The van der Waals surface area contributed by atoms with Gasteiger partial charge in [-0.1, -0.05) is 56.6 Å². The zero-order valence-electron chi connectivity index (χ0n) is 16.6. The molecule has 0 bridgehead atoms. The molecule has 4 rings (SSSR count). The molecule has 1 heterocycles. The summed E-state index contributed by atoms with van der Waals surface area (Å²) < 4.78 is 19.6. The Morgan fingerprint density at radius 3 is 2.59 bits per heavy atom. The van der Waals surface area contributed by atoms with Gasteiger partial charge >= 0.3 is 0 Å². The maximum absolute atomic E-state index is 13.8. The lowest BCUT2D eigenvalue weighted by Gasteiger charge is -2.18. The first-order valence-corrected chi connectivity index (χ1v) is 9.85. The van der Waals surface area contributed by atoms with Crippen LogP contribution in [0.5, 0.6) is 5.75 Å². The highest BCUT2D eigenvalue weighted by Crippen LogP contribution is 2.32. The van der Waals surface area contributed by atoms with Crippen molar-refractivity contribution in [1.82, 2.24) is 9.97 Å². The first-order chi connectivity index (χ1) is 13.8. The molecule has 0 atom stereocenters. The lowest BCUT2D eigenvalue weighted by molar-refractivity contribution is 0.300. The van der Waals surface area contributed by atoms with Gasteiger partial charge < -0.3 is 9.72 Å². The van der Waals surface area contributed by atoms with E-state index in [0.29, 0.717) is 16.3 Å². The standard InChI is InChI=1S/C24H22ClFN2O/c1-24(2,3)17-9-11-20-21(13-17)28-23(27-20)15-8-10-18(25)22(12-15)29-14-16-6-4-5-7-19(16)26/h4-13H,14H2,1-3H3,(H,27,28). The van der Waals surface area contributed by atoms with E-state index < -0.39 is 0 Å². The molecule has 0 spiro atoms. The smallest absolute Gasteiger partial charge is 0.139 e. The summed E-state index contributed by atoms with van der Waals surface area (Å²) in [5, 5.41) is 0.469. The molecule has 5 heteroatoms. The van der Waals surface area contributed by atoms with Crippen LogP contribution in [0.15, 0.2) is 60.7 Å². The van der Waals surface area contributed by atoms with E-state index in [2.05, 4.69) is 37.9 Å². The van der Waals surface area contributed by atoms with Gasteiger partial charge in [0.25, 0.3) is 0 Å². The molecule has 29 heavy (non-hydrogen) atoms. The van der Waals surface area contributed by atoms with Crippen LogP contribution in [0.2, 0.25) is 5.02 Å². The number of hydrogen-bond acceptors (Lipinski definition) is 2. The number of aromatic nitrogens is 2. The molecule has 1 N–H and O–H groups in total. The Hall–Kier alpha value is -2.85. The minimum absolute atomic E-state index is 0.0630. The monoisotopic (exact) mass is 408 g/mol. The molecule has 148 valence electrons. The molecule has 0 saturated carbocycles. The molecule has 0 unspecified atom stereocenters. The van der Waals surface area contributed by atoms with Crippen LogP contribution in [-0.4, -0.2) is 9.97 Å². The fraction of sp³-hybridized carbons (Fsp3) is 0.208. The van der Waals surface area contributed by atoms with Gasteiger partial charge in [-0.15, -0.1) is 0 Å². The fourth-order valence-corrected chi connectivity index (χ4v) is 3.32. The second-order valence-electron chi connectivity index (χ2n) is 8.09. The van der Waals surface area contributed by atoms with Gasteiger partial charge in [-0.25, -0.2) is 9.37 Å². The number of fused-ring (bicyclic) bond motifs is 1. The highest BCUT2D eigenvalue weighted by molar-refractivity contribution is 6.32. The van der Waals surface area contributed by atoms with Gasteiger partial charge in [-0.05, 0) is 47.4 Å². The summed E-state index contributed by atoms with van der Waals surface area (Å²) in [5.41, 5.74) is 4.52. The average molecular weight is 409 g/mol. The topological polar surface area (TPSA) is 37.9 Å². The van der Waals surface area contributed by atoms with Crippen LogP contribution >= 0.6 is 11.6 Å². The van der Waals surface area contributed by atoms with Crippen molar-refractivity contribution >= 4 is 22.6 Å². The third-order valence-electron chi connectivity index (χ3n) is 4.89. The molecule has 0 aliphatic rings. The number of benzene rings is 3. The Morgan fingerprint density at radius 1 is 1.03 bits per heavy atom. The summed E-state index contributed by atoms with van der Waals surface area (Å²) in [7, 11) is 0. The third kappa shape index (κ3) is 4.13. The highest BCUT2D eigenvalue weighted by Gasteiger charge is 2.16. The minimum atomic E-state index is -0.299. The predicted octanol–water partition coefficient (Wildman–Crippen LogP) is 6.90. The molecule has 0 saturated heterocycles. The van der Waals surface area contributed by atoms with Crippen LogP contribution < -0.4 is 4.74 Å². The number of imidazole rings is 1. The van der Waals surface area contributed by atoms with Gasteiger partial charge in [0, 0.05) is 11.1 Å². The van der Waals surface area contributed by atoms with Crippen molar-refractivity contribution in [2.75, 3.05) is 0 Å². The SMILES string of the molecule is CC(C)(C)c1ccc2nc(-c3ccc(Cl)c(OCc4ccccc4F)c3)[nH]c2c1. The third-order valence-corrected chi connectivity index (χ3v) is 5.21. The second kappa shape index (κ2) is 7.53. The Labute approximate surface area is 174 Å². The van der Waals surface area contributed by atoms with Gasteiger partial charge in [0.15, 0.2) is 0 Å². The molecule has 0 aliphatic heterocycles. The van der Waals surface area contributed by atoms with Crippen molar-refractivity contribution in [3.63, 3.8) is 0 Å². The van der Waals surface area contributed by atoms with Gasteiger partial charge in [0.2, 0.25) is 0 Å². The number of nitrogens with zero attached hydrogens (tertiary/aromatic N) is 1. The van der Waals surface area contributed by atoms with E-state index in [4.69, 9.17) is 21.3 Å². The molecular weight excluding hydrogens is 387 g/mol. The van der Waals surface area contributed by atoms with E-state index in [1.165, 1.54) is 11.6 Å². The number of rotatable bonds is 4. The number of hydrogen-bond donors (Lipinski definition) is 1. The van der Waals surface area contributed by atoms with Crippen LogP contribution in [0, 0.1) is 5.82 Å². The Kier molecular flexibility index (Phi) is 5.05. The Balaban J connectivity index is 1.63. The molecule has 0 aliphatic carbocycles. The van der Waals surface area contributed by atoms with Crippen LogP contribution in [0.3, 0.4) is 0 Å². The lowest BCUT2D eigenvalue weighted by Crippen LogP contribution is -2.10. The van der Waals surface area contributed by atoms with Gasteiger partial charge in [-0.3, -0.25) is 0 Å². The molecule has 0 amide bonds. The highest BCUT2D eigenvalue weighted by atomic mass is 35.5. The Morgan fingerprint density at radius 2 is 1.83 bits per heavy atom. The molecular formula is C24H22ClFN2O. The van der Waals surface area contributed by atoms with Crippen molar-refractivity contribution in [3.05, 3.63) is 82.6 Å². The number of H-pyrrole nitrogens is 1. The Bertz CT molecular complexity index is 1180. The van der Waals surface area contributed by atoms with E-state index in [1.54, 1.807) is 24.3 Å². The number of aromatic amines is 1. The molecule has 4 aromatic rings. The summed E-state index contributed by atoms with van der Waals surface area (Å²) in [6.45, 7) is 6.66. The first kappa shape index (κ1) is 19.5. The van der Waals surface area contributed by atoms with Crippen molar-refractivity contribution in [2.45, 2.75) is 32.8 Å².